The highest BCUT2D eigenvalue weighted by Gasteiger charge is 2.37. The summed E-state index contributed by atoms with van der Waals surface area (Å²) in [6.07, 6.45) is -0.344. The summed E-state index contributed by atoms with van der Waals surface area (Å²) in [6, 6.07) is 5.63. The maximum atomic E-state index is 12.8. The third kappa shape index (κ3) is 2.65. The van der Waals surface area contributed by atoms with Crippen LogP contribution in [0.5, 0.6) is 0 Å². The molecule has 0 heterocycles. The zero-order chi connectivity index (χ0) is 14.4. The van der Waals surface area contributed by atoms with E-state index in [1.165, 1.54) is 11.1 Å². The van der Waals surface area contributed by atoms with E-state index in [1.54, 1.807) is 6.07 Å². The van der Waals surface area contributed by atoms with Gasteiger partial charge in [0.2, 0.25) is 0 Å². The van der Waals surface area contributed by atoms with E-state index in [9.17, 15) is 8.78 Å². The van der Waals surface area contributed by atoms with Crippen molar-refractivity contribution in [1.29, 1.82) is 0 Å². The molecule has 1 aliphatic rings. The monoisotopic (exact) mass is 286 g/mol. The van der Waals surface area contributed by atoms with Crippen LogP contribution < -0.4 is 0 Å². The summed E-state index contributed by atoms with van der Waals surface area (Å²) in [7, 11) is 0. The molecule has 1 aliphatic carbocycles. The first kappa shape index (κ1) is 14.8. The third-order valence-corrected chi connectivity index (χ3v) is 4.86. The Hall–Kier alpha value is -0.630. The molecule has 1 unspecified atom stereocenters. The number of fused-ring (bicyclic) bond motifs is 1. The molecule has 19 heavy (non-hydrogen) atoms. The molecule has 3 heteroatoms. The Morgan fingerprint density at radius 2 is 1.53 bits per heavy atom. The third-order valence-electron chi connectivity index (χ3n) is 4.42. The van der Waals surface area contributed by atoms with E-state index < -0.39 is 11.8 Å². The predicted molar refractivity (Wildman–Crippen MR) is 76.3 cm³/mol. The van der Waals surface area contributed by atoms with Gasteiger partial charge in [0.25, 0.3) is 6.43 Å². The second-order valence-electron chi connectivity index (χ2n) is 6.81. The van der Waals surface area contributed by atoms with Gasteiger partial charge in [0.05, 0.1) is 0 Å². The molecule has 0 N–H and O–H groups in total. The number of benzene rings is 1. The van der Waals surface area contributed by atoms with E-state index in [4.69, 9.17) is 11.6 Å². The zero-order valence-electron chi connectivity index (χ0n) is 11.9. The van der Waals surface area contributed by atoms with E-state index in [-0.39, 0.29) is 10.8 Å². The van der Waals surface area contributed by atoms with Crippen molar-refractivity contribution >= 4 is 11.6 Å². The van der Waals surface area contributed by atoms with Crippen LogP contribution in [-0.4, -0.2) is 6.43 Å². The van der Waals surface area contributed by atoms with Crippen LogP contribution >= 0.6 is 11.6 Å². The molecule has 0 nitrogen and oxygen atoms in total. The first-order valence-electron chi connectivity index (χ1n) is 6.72. The summed E-state index contributed by atoms with van der Waals surface area (Å²) in [5.41, 5.74) is 3.11. The van der Waals surface area contributed by atoms with E-state index >= 15 is 0 Å². The molecule has 0 amide bonds. The molecule has 0 saturated carbocycles. The van der Waals surface area contributed by atoms with E-state index in [2.05, 4.69) is 27.7 Å². The second-order valence-corrected chi connectivity index (χ2v) is 7.28. The van der Waals surface area contributed by atoms with Crippen LogP contribution in [0.2, 0.25) is 0 Å². The Kier molecular flexibility index (Phi) is 3.68. The van der Waals surface area contributed by atoms with Gasteiger partial charge >= 0.3 is 0 Å². The fraction of sp³-hybridized carbons (Fsp3) is 0.625. The number of rotatable bonds is 2. The molecular weight excluding hydrogens is 266 g/mol. The summed E-state index contributed by atoms with van der Waals surface area (Å²) < 4.78 is 25.5. The lowest BCUT2D eigenvalue weighted by atomic mass is 9.63. The molecule has 0 aromatic heterocycles. The van der Waals surface area contributed by atoms with Crippen molar-refractivity contribution in [3.05, 3.63) is 34.9 Å². The molecular formula is C16H21ClF2. The van der Waals surface area contributed by atoms with Gasteiger partial charge in [-0.1, -0.05) is 45.9 Å². The lowest BCUT2D eigenvalue weighted by Crippen LogP contribution is -2.34. The average Bonchev–Trinajstić information content (AvgIpc) is 2.33. The van der Waals surface area contributed by atoms with Crippen molar-refractivity contribution in [3.63, 3.8) is 0 Å². The predicted octanol–water partition coefficient (Wildman–Crippen LogP) is 5.58. The minimum atomic E-state index is -2.53. The summed E-state index contributed by atoms with van der Waals surface area (Å²) in [6.45, 7) is 8.78. The summed E-state index contributed by atoms with van der Waals surface area (Å²) in [4.78, 5) is 0. The molecule has 0 radical (unpaired) electrons. The number of hydrogen-bond donors (Lipinski definition) is 0. The molecule has 0 fully saturated rings. The molecule has 1 aromatic carbocycles. The molecule has 106 valence electrons. The summed E-state index contributed by atoms with van der Waals surface area (Å²) in [5, 5.41) is -1.22. The lowest BCUT2D eigenvalue weighted by Gasteiger charge is -2.42. The Balaban J connectivity index is 2.53. The van der Waals surface area contributed by atoms with Crippen molar-refractivity contribution in [2.24, 2.45) is 0 Å². The van der Waals surface area contributed by atoms with Gasteiger partial charge in [0.1, 0.15) is 5.38 Å². The Morgan fingerprint density at radius 3 is 2.05 bits per heavy atom. The normalized spacial score (nSPS) is 22.1. The Morgan fingerprint density at radius 1 is 1.00 bits per heavy atom. The van der Waals surface area contributed by atoms with E-state index in [0.717, 1.165) is 12.8 Å². The van der Waals surface area contributed by atoms with Crippen molar-refractivity contribution in [1.82, 2.24) is 0 Å². The smallest absolute Gasteiger partial charge is 0.208 e. The highest BCUT2D eigenvalue weighted by Crippen LogP contribution is 2.46. The van der Waals surface area contributed by atoms with Crippen LogP contribution in [0.25, 0.3) is 0 Å². The van der Waals surface area contributed by atoms with Gasteiger partial charge in [-0.05, 0) is 40.4 Å². The molecule has 0 spiro atoms. The van der Waals surface area contributed by atoms with Crippen LogP contribution in [0.3, 0.4) is 0 Å². The molecule has 1 aromatic rings. The number of halogens is 3. The standard InChI is InChI=1S/C16H21ClF2/c1-15(2)7-8-16(3,4)12-9-10(5-6-11(12)15)13(17)14(18)19/h5-6,9,13-14H,7-8H2,1-4H3. The molecule has 1 atom stereocenters. The van der Waals surface area contributed by atoms with Crippen molar-refractivity contribution in [2.45, 2.75) is 63.2 Å². The van der Waals surface area contributed by atoms with Gasteiger partial charge in [-0.2, -0.15) is 0 Å². The quantitative estimate of drug-likeness (QED) is 0.623. The van der Waals surface area contributed by atoms with Gasteiger partial charge in [0, 0.05) is 0 Å². The van der Waals surface area contributed by atoms with Gasteiger partial charge in [-0.15, -0.1) is 11.6 Å². The fourth-order valence-corrected chi connectivity index (χ4v) is 3.06. The Bertz CT molecular complexity index is 478. The van der Waals surface area contributed by atoms with Crippen LogP contribution in [0.15, 0.2) is 18.2 Å². The Labute approximate surface area is 119 Å². The minimum Gasteiger partial charge on any atom is -0.208 e. The largest absolute Gasteiger partial charge is 0.258 e. The number of hydrogen-bond acceptors (Lipinski definition) is 0. The van der Waals surface area contributed by atoms with Crippen LogP contribution in [0, 0.1) is 0 Å². The number of alkyl halides is 3. The lowest BCUT2D eigenvalue weighted by molar-refractivity contribution is 0.143. The molecule has 0 aliphatic heterocycles. The van der Waals surface area contributed by atoms with Gasteiger partial charge < -0.3 is 0 Å². The SMILES string of the molecule is CC1(C)CCC(C)(C)c2cc(C(Cl)C(F)F)ccc21. The maximum absolute atomic E-state index is 12.8. The fourth-order valence-electron chi connectivity index (χ4n) is 2.92. The molecule has 0 bridgehead atoms. The van der Waals surface area contributed by atoms with Crippen LogP contribution in [-0.2, 0) is 10.8 Å². The van der Waals surface area contributed by atoms with Gasteiger partial charge in [-0.3, -0.25) is 0 Å². The van der Waals surface area contributed by atoms with E-state index in [0.29, 0.717) is 5.56 Å². The highest BCUT2D eigenvalue weighted by atomic mass is 35.5. The van der Waals surface area contributed by atoms with Crippen LogP contribution in [0.1, 0.15) is 62.6 Å². The van der Waals surface area contributed by atoms with E-state index in [1.807, 2.05) is 12.1 Å². The summed E-state index contributed by atoms with van der Waals surface area (Å²) in [5.74, 6) is 0. The minimum absolute atomic E-state index is 0.0274. The van der Waals surface area contributed by atoms with Gasteiger partial charge in [0.15, 0.2) is 0 Å². The first-order chi connectivity index (χ1) is 8.65. The first-order valence-corrected chi connectivity index (χ1v) is 7.16. The summed E-state index contributed by atoms with van der Waals surface area (Å²) >= 11 is 5.80. The topological polar surface area (TPSA) is 0 Å². The second kappa shape index (κ2) is 4.73. The van der Waals surface area contributed by atoms with Crippen molar-refractivity contribution in [2.75, 3.05) is 0 Å². The van der Waals surface area contributed by atoms with Crippen LogP contribution in [0.4, 0.5) is 8.78 Å². The van der Waals surface area contributed by atoms with Crippen molar-refractivity contribution in [3.8, 4) is 0 Å². The van der Waals surface area contributed by atoms with Gasteiger partial charge in [-0.25, -0.2) is 8.78 Å². The average molecular weight is 287 g/mol. The highest BCUT2D eigenvalue weighted by molar-refractivity contribution is 6.21. The molecule has 2 rings (SSSR count). The zero-order valence-corrected chi connectivity index (χ0v) is 12.7. The maximum Gasteiger partial charge on any atom is 0.258 e. The van der Waals surface area contributed by atoms with Crippen molar-refractivity contribution < 1.29 is 8.78 Å². The molecule has 0 saturated heterocycles.